The first-order chi connectivity index (χ1) is 8.19. The van der Waals surface area contributed by atoms with E-state index in [1.54, 1.807) is 4.57 Å². The summed E-state index contributed by atoms with van der Waals surface area (Å²) < 4.78 is 6.16. The molecule has 0 saturated carbocycles. The van der Waals surface area contributed by atoms with E-state index >= 15 is 0 Å². The van der Waals surface area contributed by atoms with Crippen molar-refractivity contribution in [3.8, 4) is 0 Å². The summed E-state index contributed by atoms with van der Waals surface area (Å²) in [5.41, 5.74) is -0.178. The van der Waals surface area contributed by atoms with E-state index in [9.17, 15) is 9.59 Å². The molecule has 0 atom stereocenters. The van der Waals surface area contributed by atoms with Gasteiger partial charge >= 0.3 is 11.7 Å². The third-order valence-corrected chi connectivity index (χ3v) is 3.22. The van der Waals surface area contributed by atoms with Crippen LogP contribution in [0.2, 0.25) is 0 Å². The number of esters is 1. The van der Waals surface area contributed by atoms with Crippen LogP contribution >= 0.6 is 11.8 Å². The smallest absolute Gasteiger partial charge is 0.343 e. The summed E-state index contributed by atoms with van der Waals surface area (Å²) in [7, 11) is 1.38. The Kier molecular flexibility index (Phi) is 5.82. The minimum absolute atomic E-state index is 0.178. The fraction of sp³-hybridized carbons (Fsp3) is 0.700. The molecule has 0 spiro atoms. The molecule has 0 saturated heterocycles. The number of aromatic nitrogens is 3. The number of hydrogen-bond donors (Lipinski definition) is 1. The van der Waals surface area contributed by atoms with Crippen molar-refractivity contribution in [3.05, 3.63) is 10.5 Å². The van der Waals surface area contributed by atoms with Crippen LogP contribution in [0.3, 0.4) is 0 Å². The molecule has 1 N–H and O–H groups in total. The molecule has 1 aromatic heterocycles. The first kappa shape index (κ1) is 13.8. The predicted molar refractivity (Wildman–Crippen MR) is 65.1 cm³/mol. The summed E-state index contributed by atoms with van der Waals surface area (Å²) in [6.07, 6.45) is 1.99. The first-order valence-corrected chi connectivity index (χ1v) is 6.52. The number of nitrogens with zero attached hydrogens (tertiary/aromatic N) is 2. The van der Waals surface area contributed by atoms with Crippen LogP contribution in [0, 0.1) is 0 Å². The van der Waals surface area contributed by atoms with Crippen LogP contribution in [0.4, 0.5) is 0 Å². The van der Waals surface area contributed by atoms with E-state index in [0.29, 0.717) is 24.5 Å². The predicted octanol–water partition coefficient (Wildman–Crippen LogP) is 1.03. The molecule has 17 heavy (non-hydrogen) atoms. The lowest BCUT2D eigenvalue weighted by Gasteiger charge is -2.03. The van der Waals surface area contributed by atoms with Gasteiger partial charge in [0.2, 0.25) is 0 Å². The lowest BCUT2D eigenvalue weighted by Crippen LogP contribution is -2.17. The number of carbonyl (C=O) groups is 1. The number of carbonyl (C=O) groups excluding carboxylic acids is 1. The van der Waals surface area contributed by atoms with Gasteiger partial charge in [0.05, 0.1) is 7.11 Å². The number of rotatable bonds is 7. The monoisotopic (exact) mass is 259 g/mol. The average Bonchev–Trinajstić information content (AvgIpc) is 2.67. The van der Waals surface area contributed by atoms with Gasteiger partial charge in [-0.3, -0.25) is 9.36 Å². The van der Waals surface area contributed by atoms with Gasteiger partial charge in [-0.05, 0) is 12.8 Å². The molecule has 0 aromatic carbocycles. The summed E-state index contributed by atoms with van der Waals surface area (Å²) in [6.45, 7) is 2.67. The minimum atomic E-state index is -0.210. The van der Waals surface area contributed by atoms with Gasteiger partial charge in [-0.2, -0.15) is 0 Å². The largest absolute Gasteiger partial charge is 0.469 e. The van der Waals surface area contributed by atoms with Gasteiger partial charge in [0.15, 0.2) is 5.16 Å². The van der Waals surface area contributed by atoms with Crippen LogP contribution < -0.4 is 5.69 Å². The highest BCUT2D eigenvalue weighted by molar-refractivity contribution is 7.99. The highest BCUT2D eigenvalue weighted by Crippen LogP contribution is 2.15. The van der Waals surface area contributed by atoms with Crippen molar-refractivity contribution in [2.24, 2.45) is 0 Å². The zero-order valence-corrected chi connectivity index (χ0v) is 10.9. The summed E-state index contributed by atoms with van der Waals surface area (Å²) in [5, 5.41) is 7.05. The maximum absolute atomic E-state index is 11.4. The third kappa shape index (κ3) is 4.26. The van der Waals surface area contributed by atoms with Gasteiger partial charge in [-0.25, -0.2) is 9.89 Å². The summed E-state index contributed by atoms with van der Waals surface area (Å²) >= 11 is 1.47. The molecule has 7 heteroatoms. The Bertz CT molecular complexity index is 413. The molecule has 0 radical (unpaired) electrons. The van der Waals surface area contributed by atoms with E-state index in [1.165, 1.54) is 18.9 Å². The van der Waals surface area contributed by atoms with E-state index in [1.807, 2.05) is 6.92 Å². The molecule has 1 aromatic rings. The van der Waals surface area contributed by atoms with Crippen molar-refractivity contribution in [2.45, 2.75) is 37.9 Å². The average molecular weight is 259 g/mol. The molecule has 0 amide bonds. The highest BCUT2D eigenvalue weighted by atomic mass is 32.2. The molecule has 1 heterocycles. The summed E-state index contributed by atoms with van der Waals surface area (Å²) in [5.74, 6) is 0.530. The lowest BCUT2D eigenvalue weighted by atomic mass is 10.3. The van der Waals surface area contributed by atoms with Gasteiger partial charge in [-0.15, -0.1) is 5.10 Å². The zero-order chi connectivity index (χ0) is 12.7. The Hall–Kier alpha value is -1.24. The van der Waals surface area contributed by atoms with Crippen molar-refractivity contribution in [3.63, 3.8) is 0 Å². The number of H-pyrrole nitrogens is 1. The van der Waals surface area contributed by atoms with Crippen LogP contribution in [0.25, 0.3) is 0 Å². The third-order valence-electron chi connectivity index (χ3n) is 2.15. The summed E-state index contributed by atoms with van der Waals surface area (Å²) in [6, 6.07) is 0. The molecule has 1 rings (SSSR count). The molecular formula is C10H17N3O3S. The van der Waals surface area contributed by atoms with E-state index < -0.39 is 0 Å². The van der Waals surface area contributed by atoms with E-state index in [2.05, 4.69) is 14.9 Å². The van der Waals surface area contributed by atoms with Gasteiger partial charge in [0.1, 0.15) is 0 Å². The molecule has 0 aliphatic heterocycles. The van der Waals surface area contributed by atoms with Crippen LogP contribution in [0.15, 0.2) is 9.95 Å². The summed E-state index contributed by atoms with van der Waals surface area (Å²) in [4.78, 5) is 22.3. The number of hydrogen-bond acceptors (Lipinski definition) is 5. The topological polar surface area (TPSA) is 77.0 Å². The number of aromatic amines is 1. The quantitative estimate of drug-likeness (QED) is 0.449. The molecule has 0 bridgehead atoms. The molecule has 0 unspecified atom stereocenters. The van der Waals surface area contributed by atoms with Gasteiger partial charge < -0.3 is 4.74 Å². The zero-order valence-electron chi connectivity index (χ0n) is 10.1. The second kappa shape index (κ2) is 7.16. The Labute approximate surface area is 104 Å². The van der Waals surface area contributed by atoms with Crippen LogP contribution in [-0.2, 0) is 16.1 Å². The fourth-order valence-corrected chi connectivity index (χ4v) is 2.23. The Balaban J connectivity index is 2.41. The maximum atomic E-state index is 11.4. The molecule has 0 aliphatic rings. The molecular weight excluding hydrogens is 242 g/mol. The van der Waals surface area contributed by atoms with Crippen molar-refractivity contribution < 1.29 is 9.53 Å². The Morgan fingerprint density at radius 1 is 1.59 bits per heavy atom. The SMILES string of the molecule is CCCn1c(SCCCC(=O)OC)n[nH]c1=O. The number of ether oxygens (including phenoxy) is 1. The van der Waals surface area contributed by atoms with Crippen LogP contribution in [-0.4, -0.2) is 33.6 Å². The number of thioether (sulfide) groups is 1. The lowest BCUT2D eigenvalue weighted by molar-refractivity contribution is -0.140. The molecule has 0 aliphatic carbocycles. The highest BCUT2D eigenvalue weighted by Gasteiger charge is 2.08. The van der Waals surface area contributed by atoms with Crippen LogP contribution in [0.5, 0.6) is 0 Å². The van der Waals surface area contributed by atoms with Crippen molar-refractivity contribution >= 4 is 17.7 Å². The second-order valence-corrected chi connectivity index (χ2v) is 4.55. The van der Waals surface area contributed by atoms with Gasteiger partial charge in [0.25, 0.3) is 0 Å². The molecule has 96 valence electrons. The van der Waals surface area contributed by atoms with E-state index in [4.69, 9.17) is 0 Å². The van der Waals surface area contributed by atoms with Crippen molar-refractivity contribution in [1.29, 1.82) is 0 Å². The van der Waals surface area contributed by atoms with E-state index in [-0.39, 0.29) is 11.7 Å². The van der Waals surface area contributed by atoms with Gasteiger partial charge in [0, 0.05) is 18.7 Å². The fourth-order valence-electron chi connectivity index (χ4n) is 1.32. The second-order valence-electron chi connectivity index (χ2n) is 3.49. The van der Waals surface area contributed by atoms with E-state index in [0.717, 1.165) is 12.2 Å². The maximum Gasteiger partial charge on any atom is 0.343 e. The molecule has 6 nitrogen and oxygen atoms in total. The van der Waals surface area contributed by atoms with Crippen LogP contribution in [0.1, 0.15) is 26.2 Å². The van der Waals surface area contributed by atoms with Crippen molar-refractivity contribution in [1.82, 2.24) is 14.8 Å². The normalized spacial score (nSPS) is 10.5. The minimum Gasteiger partial charge on any atom is -0.469 e. The van der Waals surface area contributed by atoms with Gasteiger partial charge in [-0.1, -0.05) is 18.7 Å². The number of nitrogens with one attached hydrogen (secondary N) is 1. The molecule has 0 fully saturated rings. The Morgan fingerprint density at radius 3 is 3.00 bits per heavy atom. The van der Waals surface area contributed by atoms with Crippen molar-refractivity contribution in [2.75, 3.05) is 12.9 Å². The standard InChI is InChI=1S/C10H17N3O3S/c1-3-6-13-9(15)11-12-10(13)17-7-4-5-8(14)16-2/h3-7H2,1-2H3,(H,11,15). The first-order valence-electron chi connectivity index (χ1n) is 5.53. The number of methoxy groups -OCH3 is 1. The Morgan fingerprint density at radius 2 is 2.35 bits per heavy atom.